The number of hydrogen-bond acceptors (Lipinski definition) is 8. The summed E-state index contributed by atoms with van der Waals surface area (Å²) in [5.41, 5.74) is 5.69. The number of halogens is 2. The van der Waals surface area contributed by atoms with Gasteiger partial charge in [0.25, 0.3) is 0 Å². The second kappa shape index (κ2) is 9.57. The molecule has 1 fully saturated rings. The molecule has 5 N–H and O–H groups in total. The van der Waals surface area contributed by atoms with Gasteiger partial charge in [-0.05, 0) is 48.9 Å². The molecule has 0 aliphatic heterocycles. The normalized spacial score (nSPS) is 16.6. The van der Waals surface area contributed by atoms with Crippen LogP contribution in [0.5, 0.6) is 0 Å². The molecule has 4 aromatic rings. The number of benzene rings is 1. The summed E-state index contributed by atoms with van der Waals surface area (Å²) >= 11 is 7.54. The zero-order valence-electron chi connectivity index (χ0n) is 19.6. The number of fused-ring (bicyclic) bond motifs is 1. The van der Waals surface area contributed by atoms with Gasteiger partial charge in [-0.1, -0.05) is 29.8 Å². The number of sulfonamides is 1. The van der Waals surface area contributed by atoms with Gasteiger partial charge in [0.05, 0.1) is 41.0 Å². The van der Waals surface area contributed by atoms with Crippen molar-refractivity contribution >= 4 is 48.7 Å². The van der Waals surface area contributed by atoms with E-state index < -0.39 is 39.3 Å². The lowest BCUT2D eigenvalue weighted by atomic mass is 9.96. The van der Waals surface area contributed by atoms with E-state index in [2.05, 4.69) is 14.7 Å². The maximum atomic E-state index is 15.2. The highest BCUT2D eigenvalue weighted by molar-refractivity contribution is 7.90. The number of rotatable bonds is 8. The molecule has 0 saturated heterocycles. The van der Waals surface area contributed by atoms with E-state index in [0.717, 1.165) is 21.8 Å². The molecule has 194 valence electrons. The Kier molecular flexibility index (Phi) is 6.71. The molecule has 1 aliphatic rings. The van der Waals surface area contributed by atoms with E-state index in [1.807, 2.05) is 18.2 Å². The molecule has 1 aromatic carbocycles. The Morgan fingerprint density at radius 2 is 2.05 bits per heavy atom. The van der Waals surface area contributed by atoms with Gasteiger partial charge >= 0.3 is 0 Å². The molecule has 0 bridgehead atoms. The highest BCUT2D eigenvalue weighted by Crippen LogP contribution is 2.42. The molecule has 0 unspecified atom stereocenters. The molecule has 5 rings (SSSR count). The summed E-state index contributed by atoms with van der Waals surface area (Å²) in [6, 6.07) is 9.47. The SMILES string of the molecule is C[C@@](O)(CO)c1ccnc(-c2cccc3cc([C@H](NS(=O)(=O)C4CC4)c4c(Cl)ncc(N)c4F)sc23)c1. The van der Waals surface area contributed by atoms with E-state index in [0.29, 0.717) is 29.0 Å². The van der Waals surface area contributed by atoms with E-state index in [9.17, 15) is 18.6 Å². The van der Waals surface area contributed by atoms with Gasteiger partial charge in [0.1, 0.15) is 10.8 Å². The van der Waals surface area contributed by atoms with Crippen LogP contribution >= 0.6 is 22.9 Å². The number of thiophene rings is 1. The van der Waals surface area contributed by atoms with Gasteiger partial charge in [0.15, 0.2) is 5.82 Å². The number of aliphatic hydroxyl groups is 2. The monoisotopic (exact) mass is 562 g/mol. The predicted molar refractivity (Wildman–Crippen MR) is 142 cm³/mol. The zero-order valence-corrected chi connectivity index (χ0v) is 22.0. The van der Waals surface area contributed by atoms with Crippen LogP contribution in [-0.4, -0.2) is 40.5 Å². The lowest BCUT2D eigenvalue weighted by Crippen LogP contribution is -2.32. The molecule has 3 aromatic heterocycles. The van der Waals surface area contributed by atoms with E-state index in [4.69, 9.17) is 17.3 Å². The van der Waals surface area contributed by atoms with E-state index in [1.54, 1.807) is 24.4 Å². The summed E-state index contributed by atoms with van der Waals surface area (Å²) in [6.45, 7) is 1.04. The number of aromatic nitrogens is 2. The second-order valence-electron chi connectivity index (χ2n) is 9.26. The first kappa shape index (κ1) is 26.0. The number of hydrogen-bond donors (Lipinski definition) is 4. The third kappa shape index (κ3) is 4.95. The fraction of sp³-hybridized carbons (Fsp3) is 0.280. The standard InChI is InChI=1S/C25H24ClFN4O4S2/c1-25(33,12-32)14-7-8-29-18(10-14)16-4-2-3-13-9-19(36-23(13)16)22(31-37(34,35)15-5-6-15)20-21(27)17(28)11-30-24(20)26/h2-4,7-11,15,22,31-33H,5-6,12,28H2,1H3/t22-,25+/m0/s1. The van der Waals surface area contributed by atoms with Crippen molar-refractivity contribution in [3.63, 3.8) is 0 Å². The largest absolute Gasteiger partial charge is 0.395 e. The van der Waals surface area contributed by atoms with Gasteiger partial charge in [-0.25, -0.2) is 22.5 Å². The van der Waals surface area contributed by atoms with Crippen molar-refractivity contribution in [3.05, 3.63) is 75.8 Å². The zero-order chi connectivity index (χ0) is 26.5. The van der Waals surface area contributed by atoms with Gasteiger partial charge in [0.2, 0.25) is 10.0 Å². The Morgan fingerprint density at radius 3 is 2.76 bits per heavy atom. The van der Waals surface area contributed by atoms with E-state index in [-0.39, 0.29) is 16.4 Å². The van der Waals surface area contributed by atoms with Crippen molar-refractivity contribution in [1.29, 1.82) is 0 Å². The number of pyridine rings is 2. The number of aliphatic hydroxyl groups excluding tert-OH is 1. The average Bonchev–Trinajstić information content (AvgIpc) is 3.65. The highest BCUT2D eigenvalue weighted by atomic mass is 35.5. The van der Waals surface area contributed by atoms with Crippen molar-refractivity contribution < 1.29 is 23.0 Å². The molecule has 0 spiro atoms. The topological polar surface area (TPSA) is 138 Å². The van der Waals surface area contributed by atoms with Crippen LogP contribution in [0.2, 0.25) is 5.15 Å². The average molecular weight is 563 g/mol. The molecule has 1 saturated carbocycles. The molecule has 8 nitrogen and oxygen atoms in total. The first-order valence-corrected chi connectivity index (χ1v) is 14.2. The fourth-order valence-corrected chi connectivity index (χ4v) is 7.16. The molecule has 2 atom stereocenters. The Bertz CT molecular complexity index is 1610. The number of nitrogens with two attached hydrogens (primary N) is 1. The number of nitrogens with one attached hydrogen (secondary N) is 1. The number of nitrogens with zero attached hydrogens (tertiary/aromatic N) is 2. The molecule has 0 radical (unpaired) electrons. The summed E-state index contributed by atoms with van der Waals surface area (Å²) < 4.78 is 44.5. The van der Waals surface area contributed by atoms with Crippen LogP contribution in [0.25, 0.3) is 21.3 Å². The van der Waals surface area contributed by atoms with E-state index in [1.165, 1.54) is 18.3 Å². The van der Waals surface area contributed by atoms with Crippen LogP contribution in [0, 0.1) is 5.82 Å². The van der Waals surface area contributed by atoms with Gasteiger partial charge in [0, 0.05) is 21.3 Å². The third-order valence-electron chi connectivity index (χ3n) is 6.38. The molecule has 0 amide bonds. The second-order valence-corrected chi connectivity index (χ2v) is 12.7. The van der Waals surface area contributed by atoms with Crippen LogP contribution in [0.1, 0.15) is 41.8 Å². The molecular formula is C25H24ClFN4O4S2. The van der Waals surface area contributed by atoms with Crippen LogP contribution in [0.3, 0.4) is 0 Å². The smallest absolute Gasteiger partial charge is 0.215 e. The van der Waals surface area contributed by atoms with Crippen molar-refractivity contribution in [3.8, 4) is 11.3 Å². The highest BCUT2D eigenvalue weighted by Gasteiger charge is 2.39. The molecule has 12 heteroatoms. The molecule has 1 aliphatic carbocycles. The van der Waals surface area contributed by atoms with E-state index >= 15 is 4.39 Å². The summed E-state index contributed by atoms with van der Waals surface area (Å²) in [7, 11) is -3.75. The minimum Gasteiger partial charge on any atom is -0.395 e. The van der Waals surface area contributed by atoms with Crippen molar-refractivity contribution in [2.75, 3.05) is 12.3 Å². The molecular weight excluding hydrogens is 539 g/mol. The van der Waals surface area contributed by atoms with Crippen LogP contribution in [-0.2, 0) is 15.6 Å². The van der Waals surface area contributed by atoms with Crippen LogP contribution < -0.4 is 10.5 Å². The van der Waals surface area contributed by atoms with Crippen molar-refractivity contribution in [2.45, 2.75) is 36.7 Å². The minimum atomic E-state index is -3.75. The number of nitrogen functional groups attached to an aromatic ring is 1. The maximum absolute atomic E-state index is 15.2. The number of anilines is 1. The summed E-state index contributed by atoms with van der Waals surface area (Å²) in [5.74, 6) is -0.832. The lowest BCUT2D eigenvalue weighted by Gasteiger charge is -2.21. The quantitative estimate of drug-likeness (QED) is 0.237. The lowest BCUT2D eigenvalue weighted by molar-refractivity contribution is -0.00230. The van der Waals surface area contributed by atoms with Gasteiger partial charge in [-0.3, -0.25) is 4.98 Å². The van der Waals surface area contributed by atoms with Gasteiger partial charge < -0.3 is 15.9 Å². The van der Waals surface area contributed by atoms with Gasteiger partial charge in [-0.15, -0.1) is 11.3 Å². The van der Waals surface area contributed by atoms with Crippen molar-refractivity contribution in [2.24, 2.45) is 0 Å². The summed E-state index contributed by atoms with van der Waals surface area (Å²) in [4.78, 5) is 8.90. The Balaban J connectivity index is 1.67. The maximum Gasteiger partial charge on any atom is 0.215 e. The Morgan fingerprint density at radius 1 is 1.30 bits per heavy atom. The summed E-state index contributed by atoms with van der Waals surface area (Å²) in [6.07, 6.45) is 3.70. The Hall–Kier alpha value is -2.67. The molecule has 3 heterocycles. The van der Waals surface area contributed by atoms with Crippen LogP contribution in [0.15, 0.2) is 48.8 Å². The Labute approximate surface area is 222 Å². The summed E-state index contributed by atoms with van der Waals surface area (Å²) in [5, 5.41) is 20.1. The predicted octanol–water partition coefficient (Wildman–Crippen LogP) is 4.10. The first-order valence-electron chi connectivity index (χ1n) is 11.4. The third-order valence-corrected chi connectivity index (χ3v) is 9.84. The molecule has 37 heavy (non-hydrogen) atoms. The minimum absolute atomic E-state index is 0.141. The first-order chi connectivity index (χ1) is 17.5. The fourth-order valence-electron chi connectivity index (χ4n) is 4.07. The van der Waals surface area contributed by atoms with Crippen molar-refractivity contribution in [1.82, 2.24) is 14.7 Å². The van der Waals surface area contributed by atoms with Crippen LogP contribution in [0.4, 0.5) is 10.1 Å². The van der Waals surface area contributed by atoms with Gasteiger partial charge in [-0.2, -0.15) is 0 Å².